The van der Waals surface area contributed by atoms with Crippen molar-refractivity contribution in [2.45, 2.75) is 0 Å². The molecule has 12 heavy (non-hydrogen) atoms. The van der Waals surface area contributed by atoms with Gasteiger partial charge in [-0.3, -0.25) is 5.10 Å². The number of thiophene rings is 1. The minimum Gasteiger partial charge on any atom is -0.276 e. The molecule has 0 saturated carbocycles. The van der Waals surface area contributed by atoms with Crippen LogP contribution in [0.2, 0.25) is 0 Å². The second-order valence-corrected chi connectivity index (χ2v) is 3.20. The fraction of sp³-hybridized carbons (Fsp3) is 0. The highest BCUT2D eigenvalue weighted by Gasteiger charge is 2.02. The Kier molecular flexibility index (Phi) is 1.65. The summed E-state index contributed by atoms with van der Waals surface area (Å²) in [6.07, 6.45) is 0. The van der Waals surface area contributed by atoms with Crippen molar-refractivity contribution in [2.75, 3.05) is 0 Å². The van der Waals surface area contributed by atoms with Crippen LogP contribution in [-0.2, 0) is 0 Å². The molecule has 58 valence electrons. The van der Waals surface area contributed by atoms with Crippen molar-refractivity contribution in [2.24, 2.45) is 0 Å². The topological polar surface area (TPSA) is 52.5 Å². The Morgan fingerprint density at radius 2 is 2.50 bits per heavy atom. The molecule has 0 saturated heterocycles. The summed E-state index contributed by atoms with van der Waals surface area (Å²) < 4.78 is 0. The fourth-order valence-corrected chi connectivity index (χ4v) is 1.63. The average molecular weight is 175 g/mol. The van der Waals surface area contributed by atoms with E-state index in [2.05, 4.69) is 10.2 Å². The Labute approximate surface area is 73.3 Å². The molecule has 0 aliphatic rings. The van der Waals surface area contributed by atoms with E-state index in [0.29, 0.717) is 5.69 Å². The number of hydrogen-bond donors (Lipinski definition) is 1. The van der Waals surface area contributed by atoms with Gasteiger partial charge in [-0.25, -0.2) is 0 Å². The zero-order chi connectivity index (χ0) is 8.39. The van der Waals surface area contributed by atoms with Crippen molar-refractivity contribution >= 4 is 11.3 Å². The summed E-state index contributed by atoms with van der Waals surface area (Å²) in [5.74, 6) is 0. The molecule has 2 aromatic heterocycles. The molecule has 0 unspecified atom stereocenters. The molecule has 0 spiro atoms. The maximum absolute atomic E-state index is 8.52. The molecular weight excluding hydrogens is 170 g/mol. The maximum Gasteiger partial charge on any atom is 0.162 e. The Bertz CT molecular complexity index is 408. The van der Waals surface area contributed by atoms with E-state index in [0.717, 1.165) is 10.6 Å². The van der Waals surface area contributed by atoms with E-state index in [9.17, 15) is 0 Å². The fourth-order valence-electron chi connectivity index (χ4n) is 0.937. The SMILES string of the molecule is N#Cc1cc(-c2cccs2)[nH]n1. The second kappa shape index (κ2) is 2.80. The van der Waals surface area contributed by atoms with E-state index < -0.39 is 0 Å². The molecule has 2 aromatic rings. The third-order valence-corrected chi connectivity index (χ3v) is 2.38. The summed E-state index contributed by atoms with van der Waals surface area (Å²) in [5.41, 5.74) is 1.33. The summed E-state index contributed by atoms with van der Waals surface area (Å²) in [4.78, 5) is 1.10. The lowest BCUT2D eigenvalue weighted by molar-refractivity contribution is 1.08. The molecule has 0 radical (unpaired) electrons. The number of H-pyrrole nitrogens is 1. The largest absolute Gasteiger partial charge is 0.276 e. The van der Waals surface area contributed by atoms with Gasteiger partial charge in [0.2, 0.25) is 0 Å². The standard InChI is InChI=1S/C8H5N3S/c9-5-6-4-7(11-10-6)8-2-1-3-12-8/h1-4H,(H,10,11). The first-order chi connectivity index (χ1) is 5.90. The Hall–Kier alpha value is -1.60. The van der Waals surface area contributed by atoms with Crippen LogP contribution >= 0.6 is 11.3 Å². The van der Waals surface area contributed by atoms with Crippen molar-refractivity contribution in [3.05, 3.63) is 29.3 Å². The van der Waals surface area contributed by atoms with Gasteiger partial charge in [0.05, 0.1) is 10.6 Å². The summed E-state index contributed by atoms with van der Waals surface area (Å²) in [6, 6.07) is 7.66. The van der Waals surface area contributed by atoms with Gasteiger partial charge >= 0.3 is 0 Å². The highest BCUT2D eigenvalue weighted by molar-refractivity contribution is 7.13. The minimum absolute atomic E-state index is 0.429. The highest BCUT2D eigenvalue weighted by Crippen LogP contribution is 2.22. The van der Waals surface area contributed by atoms with Gasteiger partial charge in [-0.2, -0.15) is 10.4 Å². The predicted octanol–water partition coefficient (Wildman–Crippen LogP) is 2.01. The Morgan fingerprint density at radius 1 is 1.58 bits per heavy atom. The van der Waals surface area contributed by atoms with Gasteiger partial charge in [-0.1, -0.05) is 6.07 Å². The normalized spacial score (nSPS) is 9.58. The molecule has 0 aromatic carbocycles. The van der Waals surface area contributed by atoms with Crippen LogP contribution < -0.4 is 0 Å². The summed E-state index contributed by atoms with van der Waals surface area (Å²) in [6.45, 7) is 0. The molecule has 2 heterocycles. The number of aromatic nitrogens is 2. The highest BCUT2D eigenvalue weighted by atomic mass is 32.1. The smallest absolute Gasteiger partial charge is 0.162 e. The van der Waals surface area contributed by atoms with E-state index in [1.165, 1.54) is 0 Å². The van der Waals surface area contributed by atoms with Crippen molar-refractivity contribution in [3.63, 3.8) is 0 Å². The second-order valence-electron chi connectivity index (χ2n) is 2.26. The maximum atomic E-state index is 8.52. The van der Waals surface area contributed by atoms with Gasteiger partial charge in [-0.05, 0) is 11.4 Å². The number of nitriles is 1. The lowest BCUT2D eigenvalue weighted by atomic mass is 10.3. The zero-order valence-corrected chi connectivity index (χ0v) is 6.93. The van der Waals surface area contributed by atoms with Crippen LogP contribution in [0.1, 0.15) is 5.69 Å². The third-order valence-electron chi connectivity index (χ3n) is 1.48. The summed E-state index contributed by atoms with van der Waals surface area (Å²) >= 11 is 1.62. The Morgan fingerprint density at radius 3 is 3.08 bits per heavy atom. The molecule has 0 fully saturated rings. The lowest BCUT2D eigenvalue weighted by Crippen LogP contribution is -1.71. The van der Waals surface area contributed by atoms with E-state index in [4.69, 9.17) is 5.26 Å². The first-order valence-corrected chi connectivity index (χ1v) is 4.27. The van der Waals surface area contributed by atoms with Crippen LogP contribution in [0.25, 0.3) is 10.6 Å². The van der Waals surface area contributed by atoms with Gasteiger partial charge < -0.3 is 0 Å². The monoisotopic (exact) mass is 175 g/mol. The summed E-state index contributed by atoms with van der Waals surface area (Å²) in [7, 11) is 0. The van der Waals surface area contributed by atoms with E-state index in [1.54, 1.807) is 17.4 Å². The van der Waals surface area contributed by atoms with Crippen LogP contribution in [0, 0.1) is 11.3 Å². The number of hydrogen-bond acceptors (Lipinski definition) is 3. The summed E-state index contributed by atoms with van der Waals surface area (Å²) in [5, 5.41) is 17.1. The van der Waals surface area contributed by atoms with Crippen LogP contribution in [0.5, 0.6) is 0 Å². The van der Waals surface area contributed by atoms with Gasteiger partial charge in [0, 0.05) is 6.07 Å². The molecule has 0 amide bonds. The Balaban J connectivity index is 2.44. The number of rotatable bonds is 1. The molecule has 4 heteroatoms. The molecule has 0 aliphatic heterocycles. The van der Waals surface area contributed by atoms with Gasteiger partial charge in [0.1, 0.15) is 6.07 Å². The number of aromatic amines is 1. The van der Waals surface area contributed by atoms with Crippen molar-refractivity contribution in [3.8, 4) is 16.6 Å². The van der Waals surface area contributed by atoms with Crippen molar-refractivity contribution in [1.29, 1.82) is 5.26 Å². The van der Waals surface area contributed by atoms with Crippen LogP contribution in [-0.4, -0.2) is 10.2 Å². The number of nitrogens with one attached hydrogen (secondary N) is 1. The lowest BCUT2D eigenvalue weighted by Gasteiger charge is -1.85. The predicted molar refractivity (Wildman–Crippen MR) is 46.6 cm³/mol. The van der Waals surface area contributed by atoms with Crippen molar-refractivity contribution in [1.82, 2.24) is 10.2 Å². The van der Waals surface area contributed by atoms with E-state index in [-0.39, 0.29) is 0 Å². The van der Waals surface area contributed by atoms with Crippen LogP contribution in [0.3, 0.4) is 0 Å². The molecule has 2 rings (SSSR count). The quantitative estimate of drug-likeness (QED) is 0.720. The number of nitrogens with zero attached hydrogens (tertiary/aromatic N) is 2. The first kappa shape index (κ1) is 7.07. The minimum atomic E-state index is 0.429. The molecule has 3 nitrogen and oxygen atoms in total. The molecular formula is C8H5N3S. The molecule has 0 atom stereocenters. The van der Waals surface area contributed by atoms with Gasteiger partial charge in [-0.15, -0.1) is 11.3 Å². The van der Waals surface area contributed by atoms with E-state index in [1.807, 2.05) is 23.6 Å². The third kappa shape index (κ3) is 1.11. The van der Waals surface area contributed by atoms with Gasteiger partial charge in [0.15, 0.2) is 5.69 Å². The molecule has 0 aliphatic carbocycles. The van der Waals surface area contributed by atoms with Crippen molar-refractivity contribution < 1.29 is 0 Å². The van der Waals surface area contributed by atoms with Crippen LogP contribution in [0.15, 0.2) is 23.6 Å². The first-order valence-electron chi connectivity index (χ1n) is 3.39. The van der Waals surface area contributed by atoms with E-state index >= 15 is 0 Å². The van der Waals surface area contributed by atoms with Crippen LogP contribution in [0.4, 0.5) is 0 Å². The molecule has 1 N–H and O–H groups in total. The average Bonchev–Trinajstić information content (AvgIpc) is 2.75. The zero-order valence-electron chi connectivity index (χ0n) is 6.11. The molecule has 0 bridgehead atoms. The van der Waals surface area contributed by atoms with Gasteiger partial charge in [0.25, 0.3) is 0 Å².